The normalized spacial score (nSPS) is 21.0. The highest BCUT2D eigenvalue weighted by Crippen LogP contribution is 2.39. The molecule has 0 radical (unpaired) electrons. The van der Waals surface area contributed by atoms with Crippen LogP contribution >= 0.6 is 11.6 Å². The van der Waals surface area contributed by atoms with Gasteiger partial charge in [-0.2, -0.15) is 0 Å². The molecule has 0 saturated heterocycles. The van der Waals surface area contributed by atoms with Gasteiger partial charge in [0.05, 0.1) is 0 Å². The molecule has 1 saturated carbocycles. The van der Waals surface area contributed by atoms with Gasteiger partial charge in [-0.15, -0.1) is 0 Å². The van der Waals surface area contributed by atoms with Crippen LogP contribution in [-0.2, 0) is 0 Å². The van der Waals surface area contributed by atoms with Crippen molar-refractivity contribution in [2.45, 2.75) is 24.8 Å². The maximum Gasteiger partial charge on any atom is 0.152 e. The lowest BCUT2D eigenvalue weighted by molar-refractivity contribution is 0.371. The summed E-state index contributed by atoms with van der Waals surface area (Å²) in [4.78, 5) is 0. The number of hydrogen-bond donors (Lipinski definition) is 1. The average Bonchev–Trinajstić information content (AvgIpc) is 2.35. The van der Waals surface area contributed by atoms with Gasteiger partial charge in [-0.1, -0.05) is 23.7 Å². The molecule has 3 rings (SSSR count). The van der Waals surface area contributed by atoms with E-state index < -0.39 is 17.5 Å². The second-order valence-electron chi connectivity index (χ2n) is 5.31. The molecule has 0 unspecified atom stereocenters. The van der Waals surface area contributed by atoms with Crippen molar-refractivity contribution in [1.29, 1.82) is 0 Å². The van der Waals surface area contributed by atoms with Crippen LogP contribution < -0.4 is 5.32 Å². The number of hydrogen-bond acceptors (Lipinski definition) is 1. The van der Waals surface area contributed by atoms with Crippen LogP contribution in [0.4, 0.5) is 18.9 Å². The molecular weight excluding hydrogens is 299 g/mol. The standard InChI is InChI=1S/C16H13ClF3N/c17-11-3-1-2-9(4-11)10-5-13(6-10)21-16-14(19)7-12(18)8-15(16)20/h1-4,7-8,10,13,21H,5-6H2. The highest BCUT2D eigenvalue weighted by molar-refractivity contribution is 6.30. The lowest BCUT2D eigenvalue weighted by Crippen LogP contribution is -2.34. The Bertz CT molecular complexity index is 645. The van der Waals surface area contributed by atoms with Gasteiger partial charge < -0.3 is 5.32 Å². The van der Waals surface area contributed by atoms with E-state index in [1.165, 1.54) is 0 Å². The van der Waals surface area contributed by atoms with E-state index in [-0.39, 0.29) is 11.7 Å². The Balaban J connectivity index is 1.65. The number of halogens is 4. The van der Waals surface area contributed by atoms with Crippen molar-refractivity contribution in [1.82, 2.24) is 0 Å². The Kier molecular flexibility index (Phi) is 3.81. The van der Waals surface area contributed by atoms with Crippen molar-refractivity contribution in [3.05, 3.63) is 64.4 Å². The van der Waals surface area contributed by atoms with E-state index in [1.54, 1.807) is 0 Å². The lowest BCUT2D eigenvalue weighted by Gasteiger charge is -2.37. The van der Waals surface area contributed by atoms with E-state index in [1.807, 2.05) is 24.3 Å². The zero-order valence-corrected chi connectivity index (χ0v) is 11.8. The van der Waals surface area contributed by atoms with Gasteiger partial charge in [0, 0.05) is 23.2 Å². The Morgan fingerprint density at radius 3 is 2.29 bits per heavy atom. The molecule has 0 heterocycles. The minimum absolute atomic E-state index is 0.0246. The molecular formula is C16H13ClF3N. The molecule has 110 valence electrons. The third-order valence-electron chi connectivity index (χ3n) is 3.81. The molecule has 0 aromatic heterocycles. The maximum atomic E-state index is 13.5. The highest BCUT2D eigenvalue weighted by atomic mass is 35.5. The quantitative estimate of drug-likeness (QED) is 0.830. The van der Waals surface area contributed by atoms with Gasteiger partial charge in [0.25, 0.3) is 0 Å². The molecule has 21 heavy (non-hydrogen) atoms. The zero-order chi connectivity index (χ0) is 15.0. The van der Waals surface area contributed by atoms with Crippen LogP contribution in [0.5, 0.6) is 0 Å². The molecule has 1 nitrogen and oxygen atoms in total. The molecule has 0 spiro atoms. The van der Waals surface area contributed by atoms with Gasteiger partial charge in [-0.3, -0.25) is 0 Å². The fourth-order valence-electron chi connectivity index (χ4n) is 2.65. The van der Waals surface area contributed by atoms with Gasteiger partial charge in [0.1, 0.15) is 11.5 Å². The Hall–Kier alpha value is -1.68. The molecule has 0 bridgehead atoms. The maximum absolute atomic E-state index is 13.5. The van der Waals surface area contributed by atoms with Gasteiger partial charge in [0.15, 0.2) is 11.6 Å². The van der Waals surface area contributed by atoms with E-state index in [4.69, 9.17) is 11.6 Å². The summed E-state index contributed by atoms with van der Waals surface area (Å²) in [5.41, 5.74) is 0.867. The van der Waals surface area contributed by atoms with Crippen LogP contribution in [0.15, 0.2) is 36.4 Å². The summed E-state index contributed by atoms with van der Waals surface area (Å²) in [5.74, 6) is -2.40. The number of benzene rings is 2. The van der Waals surface area contributed by atoms with Crippen LogP contribution in [0.1, 0.15) is 24.3 Å². The third kappa shape index (κ3) is 3.00. The van der Waals surface area contributed by atoms with Crippen molar-refractivity contribution in [2.75, 3.05) is 5.32 Å². The molecule has 1 aliphatic carbocycles. The number of anilines is 1. The van der Waals surface area contributed by atoms with E-state index in [2.05, 4.69) is 5.32 Å². The fraction of sp³-hybridized carbons (Fsp3) is 0.250. The second-order valence-corrected chi connectivity index (χ2v) is 5.75. The van der Waals surface area contributed by atoms with Crippen molar-refractivity contribution in [3.8, 4) is 0 Å². The minimum atomic E-state index is -0.916. The molecule has 2 aromatic rings. The van der Waals surface area contributed by atoms with Gasteiger partial charge in [-0.05, 0) is 36.5 Å². The van der Waals surface area contributed by atoms with E-state index in [0.29, 0.717) is 23.1 Å². The fourth-order valence-corrected chi connectivity index (χ4v) is 2.85. The summed E-state index contributed by atoms with van der Waals surface area (Å²) in [7, 11) is 0. The molecule has 1 aliphatic rings. The first-order valence-electron chi connectivity index (χ1n) is 6.69. The van der Waals surface area contributed by atoms with Gasteiger partial charge in [-0.25, -0.2) is 13.2 Å². The summed E-state index contributed by atoms with van der Waals surface area (Å²) in [6.07, 6.45) is 1.52. The summed E-state index contributed by atoms with van der Waals surface area (Å²) in [6.45, 7) is 0. The van der Waals surface area contributed by atoms with Gasteiger partial charge >= 0.3 is 0 Å². The predicted octanol–water partition coefficient (Wildman–Crippen LogP) is 5.12. The summed E-state index contributed by atoms with van der Waals surface area (Å²) in [5, 5.41) is 3.49. The summed E-state index contributed by atoms with van der Waals surface area (Å²) >= 11 is 5.94. The monoisotopic (exact) mass is 311 g/mol. The van der Waals surface area contributed by atoms with Crippen molar-refractivity contribution in [2.24, 2.45) is 0 Å². The first-order valence-corrected chi connectivity index (χ1v) is 7.07. The molecule has 1 fully saturated rings. The molecule has 2 aromatic carbocycles. The number of nitrogens with one attached hydrogen (secondary N) is 1. The van der Waals surface area contributed by atoms with Crippen LogP contribution in [0.2, 0.25) is 5.02 Å². The van der Waals surface area contributed by atoms with Crippen molar-refractivity contribution in [3.63, 3.8) is 0 Å². The van der Waals surface area contributed by atoms with E-state index >= 15 is 0 Å². The van der Waals surface area contributed by atoms with Crippen LogP contribution in [0.3, 0.4) is 0 Å². The smallest absolute Gasteiger partial charge is 0.152 e. The van der Waals surface area contributed by atoms with Crippen LogP contribution in [-0.4, -0.2) is 6.04 Å². The highest BCUT2D eigenvalue weighted by Gasteiger charge is 2.31. The zero-order valence-electron chi connectivity index (χ0n) is 11.0. The van der Waals surface area contributed by atoms with Gasteiger partial charge in [0.2, 0.25) is 0 Å². The molecule has 5 heteroatoms. The molecule has 0 amide bonds. The van der Waals surface area contributed by atoms with Crippen molar-refractivity contribution < 1.29 is 13.2 Å². The molecule has 1 N–H and O–H groups in total. The molecule has 0 atom stereocenters. The Labute approximate surface area is 125 Å². The van der Waals surface area contributed by atoms with E-state index in [9.17, 15) is 13.2 Å². The Morgan fingerprint density at radius 1 is 1.00 bits per heavy atom. The first kappa shape index (κ1) is 14.3. The van der Waals surface area contributed by atoms with Crippen LogP contribution in [0, 0.1) is 17.5 Å². The van der Waals surface area contributed by atoms with Crippen molar-refractivity contribution >= 4 is 17.3 Å². The summed E-state index contributed by atoms with van der Waals surface area (Å²) < 4.78 is 39.9. The second kappa shape index (κ2) is 5.60. The van der Waals surface area contributed by atoms with E-state index in [0.717, 1.165) is 18.4 Å². The topological polar surface area (TPSA) is 12.0 Å². The SMILES string of the molecule is Fc1cc(F)c(NC2CC(c3cccc(Cl)c3)C2)c(F)c1. The largest absolute Gasteiger partial charge is 0.378 e. The molecule has 0 aliphatic heterocycles. The summed E-state index contributed by atoms with van der Waals surface area (Å²) in [6, 6.07) is 8.92. The van der Waals surface area contributed by atoms with Crippen LogP contribution in [0.25, 0.3) is 0 Å². The first-order chi connectivity index (χ1) is 10.0. The predicted molar refractivity (Wildman–Crippen MR) is 77.2 cm³/mol. The third-order valence-corrected chi connectivity index (χ3v) is 4.05. The number of rotatable bonds is 3. The minimum Gasteiger partial charge on any atom is -0.378 e. The average molecular weight is 312 g/mol. The Morgan fingerprint density at radius 2 is 1.67 bits per heavy atom. The lowest BCUT2D eigenvalue weighted by atomic mass is 9.76.